The maximum absolute atomic E-state index is 6.14. The summed E-state index contributed by atoms with van der Waals surface area (Å²) >= 11 is 6.14. The number of aromatic nitrogens is 3. The second-order valence-corrected chi connectivity index (χ2v) is 5.17. The van der Waals surface area contributed by atoms with E-state index in [4.69, 9.17) is 17.3 Å². The van der Waals surface area contributed by atoms with Gasteiger partial charge in [-0.1, -0.05) is 24.6 Å². The Kier molecular flexibility index (Phi) is 4.22. The minimum absolute atomic E-state index is 0.191. The van der Waals surface area contributed by atoms with Crippen molar-refractivity contribution >= 4 is 11.6 Å². The van der Waals surface area contributed by atoms with E-state index >= 15 is 0 Å². The summed E-state index contributed by atoms with van der Waals surface area (Å²) in [4.78, 5) is 4.44. The number of halogens is 1. The molecule has 0 saturated heterocycles. The van der Waals surface area contributed by atoms with Crippen molar-refractivity contribution in [1.29, 1.82) is 0 Å². The quantitative estimate of drug-likeness (QED) is 0.936. The Hall–Kier alpha value is -1.39. The SMILES string of the molecule is CCC(N)Cc1ccc(-n2nc(C)c(Cl)c2C)nc1. The maximum Gasteiger partial charge on any atom is 0.153 e. The molecule has 0 amide bonds. The van der Waals surface area contributed by atoms with Crippen LogP contribution in [0.2, 0.25) is 5.02 Å². The fraction of sp³-hybridized carbons (Fsp3) is 0.429. The van der Waals surface area contributed by atoms with E-state index in [1.165, 1.54) is 0 Å². The number of hydrogen-bond acceptors (Lipinski definition) is 3. The number of aryl methyl sites for hydroxylation is 1. The van der Waals surface area contributed by atoms with Gasteiger partial charge in [0.1, 0.15) is 0 Å². The average molecular weight is 279 g/mol. The number of rotatable bonds is 4. The fourth-order valence-corrected chi connectivity index (χ4v) is 2.07. The van der Waals surface area contributed by atoms with Gasteiger partial charge in [-0.3, -0.25) is 0 Å². The van der Waals surface area contributed by atoms with Gasteiger partial charge >= 0.3 is 0 Å². The Morgan fingerprint density at radius 2 is 2.11 bits per heavy atom. The second-order valence-electron chi connectivity index (χ2n) is 4.79. The van der Waals surface area contributed by atoms with Crippen LogP contribution in [0.25, 0.3) is 5.82 Å². The lowest BCUT2D eigenvalue weighted by Gasteiger charge is -2.09. The van der Waals surface area contributed by atoms with E-state index in [1.807, 2.05) is 32.2 Å². The second kappa shape index (κ2) is 5.72. The van der Waals surface area contributed by atoms with E-state index in [9.17, 15) is 0 Å². The van der Waals surface area contributed by atoms with Gasteiger partial charge in [-0.15, -0.1) is 0 Å². The van der Waals surface area contributed by atoms with E-state index in [2.05, 4.69) is 17.0 Å². The molecule has 5 heteroatoms. The molecule has 0 fully saturated rings. The van der Waals surface area contributed by atoms with Crippen LogP contribution >= 0.6 is 11.6 Å². The largest absolute Gasteiger partial charge is 0.327 e. The van der Waals surface area contributed by atoms with Gasteiger partial charge in [-0.25, -0.2) is 9.67 Å². The highest BCUT2D eigenvalue weighted by molar-refractivity contribution is 6.31. The predicted molar refractivity (Wildman–Crippen MR) is 77.8 cm³/mol. The zero-order valence-corrected chi connectivity index (χ0v) is 12.3. The van der Waals surface area contributed by atoms with Crippen molar-refractivity contribution in [2.45, 2.75) is 39.7 Å². The predicted octanol–water partition coefficient (Wildman–Crippen LogP) is 2.82. The first-order chi connectivity index (χ1) is 9.02. The van der Waals surface area contributed by atoms with E-state index in [0.717, 1.165) is 35.6 Å². The normalized spacial score (nSPS) is 12.7. The van der Waals surface area contributed by atoms with Crippen molar-refractivity contribution in [2.24, 2.45) is 5.73 Å². The van der Waals surface area contributed by atoms with E-state index in [1.54, 1.807) is 4.68 Å². The third kappa shape index (κ3) is 2.96. The number of hydrogen-bond donors (Lipinski definition) is 1. The molecule has 0 saturated carbocycles. The molecule has 2 heterocycles. The molecule has 2 rings (SSSR count). The van der Waals surface area contributed by atoms with Gasteiger partial charge in [0.25, 0.3) is 0 Å². The summed E-state index contributed by atoms with van der Waals surface area (Å²) in [6, 6.07) is 4.19. The van der Waals surface area contributed by atoms with Gasteiger partial charge in [0.05, 0.1) is 16.4 Å². The van der Waals surface area contributed by atoms with Crippen LogP contribution in [0.15, 0.2) is 18.3 Å². The Morgan fingerprint density at radius 1 is 1.37 bits per heavy atom. The zero-order valence-electron chi connectivity index (χ0n) is 11.5. The summed E-state index contributed by atoms with van der Waals surface area (Å²) in [6.07, 6.45) is 3.67. The molecule has 0 bridgehead atoms. The highest BCUT2D eigenvalue weighted by Crippen LogP contribution is 2.21. The Balaban J connectivity index is 2.25. The first kappa shape index (κ1) is 14.0. The van der Waals surface area contributed by atoms with Gasteiger partial charge in [0.2, 0.25) is 0 Å². The molecule has 102 valence electrons. The molecular formula is C14H19ClN4. The number of nitrogens with two attached hydrogens (primary N) is 1. The minimum Gasteiger partial charge on any atom is -0.327 e. The summed E-state index contributed by atoms with van der Waals surface area (Å²) in [7, 11) is 0. The molecule has 2 aromatic heterocycles. The zero-order chi connectivity index (χ0) is 14.0. The van der Waals surface area contributed by atoms with E-state index in [0.29, 0.717) is 5.02 Å². The molecule has 4 nitrogen and oxygen atoms in total. The third-order valence-electron chi connectivity index (χ3n) is 3.25. The molecule has 1 atom stereocenters. The lowest BCUT2D eigenvalue weighted by molar-refractivity contribution is 0.644. The van der Waals surface area contributed by atoms with Crippen LogP contribution in [-0.2, 0) is 6.42 Å². The van der Waals surface area contributed by atoms with Crippen LogP contribution in [0, 0.1) is 13.8 Å². The summed E-state index contributed by atoms with van der Waals surface area (Å²) in [5.74, 6) is 0.779. The first-order valence-corrected chi connectivity index (χ1v) is 6.83. The van der Waals surface area contributed by atoms with Crippen LogP contribution in [0.1, 0.15) is 30.3 Å². The minimum atomic E-state index is 0.191. The molecule has 0 radical (unpaired) electrons. The van der Waals surface area contributed by atoms with Crippen LogP contribution in [0.4, 0.5) is 0 Å². The van der Waals surface area contributed by atoms with Crippen LogP contribution in [0.5, 0.6) is 0 Å². The standard InChI is InChI=1S/C14H19ClN4/c1-4-12(16)7-11-5-6-13(17-8-11)19-10(3)14(15)9(2)18-19/h5-6,8,12H,4,7,16H2,1-3H3. The van der Waals surface area contributed by atoms with Crippen LogP contribution in [0.3, 0.4) is 0 Å². The van der Waals surface area contributed by atoms with Crippen molar-refractivity contribution in [3.8, 4) is 5.82 Å². The fourth-order valence-electron chi connectivity index (χ4n) is 1.96. The molecule has 2 N–H and O–H groups in total. The van der Waals surface area contributed by atoms with Crippen LogP contribution in [-0.4, -0.2) is 20.8 Å². The van der Waals surface area contributed by atoms with Crippen molar-refractivity contribution in [3.05, 3.63) is 40.3 Å². The summed E-state index contributed by atoms with van der Waals surface area (Å²) in [5, 5.41) is 5.08. The van der Waals surface area contributed by atoms with Gasteiger partial charge in [0.15, 0.2) is 5.82 Å². The molecule has 1 unspecified atom stereocenters. The van der Waals surface area contributed by atoms with Crippen molar-refractivity contribution in [2.75, 3.05) is 0 Å². The van der Waals surface area contributed by atoms with Crippen LogP contribution < -0.4 is 5.73 Å². The topological polar surface area (TPSA) is 56.7 Å². The molecule has 19 heavy (non-hydrogen) atoms. The molecule has 0 aliphatic carbocycles. The van der Waals surface area contributed by atoms with Crippen molar-refractivity contribution in [3.63, 3.8) is 0 Å². The molecule has 2 aromatic rings. The van der Waals surface area contributed by atoms with Gasteiger partial charge < -0.3 is 5.73 Å². The Morgan fingerprint density at radius 3 is 2.58 bits per heavy atom. The van der Waals surface area contributed by atoms with Gasteiger partial charge in [-0.05, 0) is 38.3 Å². The summed E-state index contributed by atoms with van der Waals surface area (Å²) < 4.78 is 1.77. The number of nitrogens with zero attached hydrogens (tertiary/aromatic N) is 3. The Bertz CT molecular complexity index is 560. The summed E-state index contributed by atoms with van der Waals surface area (Å²) in [6.45, 7) is 5.91. The van der Waals surface area contributed by atoms with Crippen molar-refractivity contribution < 1.29 is 0 Å². The Labute approximate surface area is 118 Å². The summed E-state index contributed by atoms with van der Waals surface area (Å²) in [5.41, 5.74) is 8.81. The molecule has 0 aliphatic rings. The maximum atomic E-state index is 6.14. The highest BCUT2D eigenvalue weighted by Gasteiger charge is 2.11. The van der Waals surface area contributed by atoms with E-state index in [-0.39, 0.29) is 6.04 Å². The molecule has 0 aliphatic heterocycles. The third-order valence-corrected chi connectivity index (χ3v) is 3.80. The smallest absolute Gasteiger partial charge is 0.153 e. The van der Waals surface area contributed by atoms with E-state index < -0.39 is 0 Å². The lowest BCUT2D eigenvalue weighted by atomic mass is 10.1. The van der Waals surface area contributed by atoms with Gasteiger partial charge in [-0.2, -0.15) is 5.10 Å². The lowest BCUT2D eigenvalue weighted by Crippen LogP contribution is -2.21. The molecular weight excluding hydrogens is 260 g/mol. The highest BCUT2D eigenvalue weighted by atomic mass is 35.5. The first-order valence-electron chi connectivity index (χ1n) is 6.45. The average Bonchev–Trinajstić information content (AvgIpc) is 2.67. The molecule has 0 spiro atoms. The molecule has 0 aromatic carbocycles. The number of pyridine rings is 1. The van der Waals surface area contributed by atoms with Gasteiger partial charge in [0, 0.05) is 12.2 Å². The monoisotopic (exact) mass is 278 g/mol. The van der Waals surface area contributed by atoms with Crippen molar-refractivity contribution in [1.82, 2.24) is 14.8 Å².